The van der Waals surface area contributed by atoms with Gasteiger partial charge in [-0.2, -0.15) is 35.1 Å². The average molecular weight is 655 g/mol. The first kappa shape index (κ1) is 32.7. The summed E-state index contributed by atoms with van der Waals surface area (Å²) in [5, 5.41) is 2.04. The van der Waals surface area contributed by atoms with E-state index in [1.54, 1.807) is 5.32 Å². The number of halogens is 13. The quantitative estimate of drug-likeness (QED) is 0.251. The van der Waals surface area contributed by atoms with Crippen LogP contribution in [0, 0.1) is 11.6 Å². The second-order valence-electron chi connectivity index (χ2n) is 8.06. The van der Waals surface area contributed by atoms with Crippen molar-refractivity contribution >= 4 is 46.4 Å². The Bertz CT molecular complexity index is 1510. The molecule has 2 N–H and O–H groups in total. The normalized spacial score (nSPS) is 12.3. The molecule has 42 heavy (non-hydrogen) atoms. The van der Waals surface area contributed by atoms with E-state index >= 15 is 4.39 Å². The molecule has 0 aliphatic heterocycles. The lowest BCUT2D eigenvalue weighted by Gasteiger charge is -2.31. The molecular weight excluding hydrogens is 644 g/mol. The molecule has 5 nitrogen and oxygen atoms in total. The molecule has 0 radical (unpaired) electrons. The second kappa shape index (κ2) is 11.8. The number of alkyl halides is 9. The lowest BCUT2D eigenvalue weighted by atomic mass is 9.93. The van der Waals surface area contributed by atoms with Gasteiger partial charge in [0, 0.05) is 5.56 Å². The summed E-state index contributed by atoms with van der Waals surface area (Å²) < 4.78 is 152. The molecule has 0 fully saturated rings. The first-order chi connectivity index (χ1) is 19.3. The maximum absolute atomic E-state index is 15.1. The van der Waals surface area contributed by atoms with Crippen LogP contribution in [0.15, 0.2) is 48.5 Å². The largest absolute Gasteiger partial charge is 0.435 e. The predicted molar refractivity (Wildman–Crippen MR) is 127 cm³/mol. The Balaban J connectivity index is 2.01. The number of ether oxygens (including phenoxy) is 1. The highest BCUT2D eigenvalue weighted by atomic mass is 35.5. The van der Waals surface area contributed by atoms with Crippen LogP contribution in [0.5, 0.6) is 5.75 Å². The maximum atomic E-state index is 15.1. The van der Waals surface area contributed by atoms with Gasteiger partial charge in [-0.1, -0.05) is 29.3 Å². The van der Waals surface area contributed by atoms with Crippen molar-refractivity contribution in [1.82, 2.24) is 0 Å². The van der Waals surface area contributed by atoms with Crippen LogP contribution in [-0.2, 0) is 5.67 Å². The average Bonchev–Trinajstić information content (AvgIpc) is 2.84. The monoisotopic (exact) mass is 654 g/mol. The number of benzene rings is 3. The van der Waals surface area contributed by atoms with Crippen LogP contribution in [0.25, 0.3) is 0 Å². The zero-order chi connectivity index (χ0) is 31.8. The molecule has 3 rings (SSSR count). The minimum Gasteiger partial charge on any atom is -0.433 e. The van der Waals surface area contributed by atoms with Crippen LogP contribution >= 0.6 is 23.2 Å². The van der Waals surface area contributed by atoms with Gasteiger partial charge >= 0.3 is 24.6 Å². The molecule has 0 saturated carbocycles. The van der Waals surface area contributed by atoms with E-state index in [0.29, 0.717) is 0 Å². The molecule has 0 bridgehead atoms. The number of anilines is 2. The molecule has 0 aromatic heterocycles. The molecule has 0 atom stereocenters. The summed E-state index contributed by atoms with van der Waals surface area (Å²) >= 11 is 11.4. The molecule has 0 unspecified atom stereocenters. The number of carbonyl (C=O) groups excluding carboxylic acids is 2. The van der Waals surface area contributed by atoms with Gasteiger partial charge in [-0.05, 0) is 42.5 Å². The first-order valence-electron chi connectivity index (χ1n) is 10.8. The third-order valence-electron chi connectivity index (χ3n) is 5.35. The van der Waals surface area contributed by atoms with Crippen LogP contribution in [0.1, 0.15) is 26.3 Å². The van der Waals surface area contributed by atoms with E-state index in [0.717, 1.165) is 36.4 Å². The number of carbonyl (C=O) groups is 2. The van der Waals surface area contributed by atoms with E-state index < -0.39 is 87.4 Å². The molecule has 3 aromatic carbocycles. The van der Waals surface area contributed by atoms with E-state index in [1.165, 1.54) is 0 Å². The van der Waals surface area contributed by atoms with E-state index in [1.807, 2.05) is 5.32 Å². The number of hydrogen-bond donors (Lipinski definition) is 2. The number of amides is 2. The molecule has 18 heteroatoms. The fourth-order valence-corrected chi connectivity index (χ4v) is 3.94. The van der Waals surface area contributed by atoms with E-state index in [9.17, 15) is 53.5 Å². The van der Waals surface area contributed by atoms with Gasteiger partial charge in [0.05, 0.1) is 26.9 Å². The van der Waals surface area contributed by atoms with Crippen molar-refractivity contribution in [2.24, 2.45) is 0 Å². The van der Waals surface area contributed by atoms with Crippen molar-refractivity contribution in [3.05, 3.63) is 86.9 Å². The Morgan fingerprint density at radius 3 is 1.90 bits per heavy atom. The highest BCUT2D eigenvalue weighted by molar-refractivity contribution is 6.35. The standard InChI is InChI=1S/C24H11Cl2F11N2O3/c25-13-8-10(27)4-5-11(13)19(40)38-15-3-1-2-12(17(15)28)20(41)39-18-14(26)6-9(7-16(18)42-21(29)30)22(31,23(32,33)34)24(35,36)37/h1-8,21H,(H,38,40)(H,39,41). The summed E-state index contributed by atoms with van der Waals surface area (Å²) in [6, 6.07) is 4.69. The number of hydrogen-bond acceptors (Lipinski definition) is 3. The lowest BCUT2D eigenvalue weighted by molar-refractivity contribution is -0.348. The van der Waals surface area contributed by atoms with E-state index in [2.05, 4.69) is 4.74 Å². The Morgan fingerprint density at radius 1 is 0.762 bits per heavy atom. The molecular formula is C24H11Cl2F11N2O3. The van der Waals surface area contributed by atoms with Gasteiger partial charge < -0.3 is 15.4 Å². The third kappa shape index (κ3) is 6.48. The summed E-state index contributed by atoms with van der Waals surface area (Å²) in [5.74, 6) is -6.53. The van der Waals surface area contributed by atoms with Crippen LogP contribution in [0.2, 0.25) is 10.0 Å². The van der Waals surface area contributed by atoms with Gasteiger partial charge in [0.2, 0.25) is 0 Å². The smallest absolute Gasteiger partial charge is 0.433 e. The summed E-state index contributed by atoms with van der Waals surface area (Å²) in [4.78, 5) is 25.2. The summed E-state index contributed by atoms with van der Waals surface area (Å²) in [5.41, 5.74) is -11.5. The van der Waals surface area contributed by atoms with Crippen molar-refractivity contribution in [3.63, 3.8) is 0 Å². The van der Waals surface area contributed by atoms with Crippen LogP contribution < -0.4 is 15.4 Å². The highest BCUT2D eigenvalue weighted by Gasteiger charge is 2.73. The van der Waals surface area contributed by atoms with Crippen molar-refractivity contribution in [1.29, 1.82) is 0 Å². The lowest BCUT2D eigenvalue weighted by Crippen LogP contribution is -2.50. The molecule has 2 amide bonds. The predicted octanol–water partition coefficient (Wildman–Crippen LogP) is 8.67. The molecule has 0 spiro atoms. The van der Waals surface area contributed by atoms with Crippen LogP contribution in [-0.4, -0.2) is 30.8 Å². The molecule has 0 saturated heterocycles. The minimum absolute atomic E-state index is 0.240. The van der Waals surface area contributed by atoms with Crippen molar-refractivity contribution in [2.45, 2.75) is 24.6 Å². The van der Waals surface area contributed by atoms with Crippen molar-refractivity contribution < 1.29 is 62.6 Å². The molecule has 226 valence electrons. The van der Waals surface area contributed by atoms with Crippen LogP contribution in [0.4, 0.5) is 59.7 Å². The third-order valence-corrected chi connectivity index (χ3v) is 5.97. The van der Waals surface area contributed by atoms with Gasteiger partial charge in [-0.25, -0.2) is 13.2 Å². The summed E-state index contributed by atoms with van der Waals surface area (Å²) in [7, 11) is 0. The van der Waals surface area contributed by atoms with Gasteiger partial charge in [-0.15, -0.1) is 0 Å². The van der Waals surface area contributed by atoms with Crippen LogP contribution in [0.3, 0.4) is 0 Å². The zero-order valence-electron chi connectivity index (χ0n) is 19.8. The number of rotatable bonds is 7. The molecule has 3 aromatic rings. The fourth-order valence-electron chi connectivity index (χ4n) is 3.43. The summed E-state index contributed by atoms with van der Waals surface area (Å²) in [6.45, 7) is -3.92. The van der Waals surface area contributed by atoms with E-state index in [4.69, 9.17) is 23.2 Å². The molecule has 0 aliphatic carbocycles. The van der Waals surface area contributed by atoms with Gasteiger partial charge in [0.15, 0.2) is 11.6 Å². The molecule has 0 aliphatic rings. The Hall–Kier alpha value is -3.79. The topological polar surface area (TPSA) is 67.4 Å². The minimum atomic E-state index is -6.65. The highest BCUT2D eigenvalue weighted by Crippen LogP contribution is 2.55. The first-order valence-corrected chi connectivity index (χ1v) is 11.5. The van der Waals surface area contributed by atoms with Gasteiger partial charge in [-0.3, -0.25) is 9.59 Å². The zero-order valence-corrected chi connectivity index (χ0v) is 21.3. The Kier molecular flexibility index (Phi) is 9.22. The second-order valence-corrected chi connectivity index (χ2v) is 8.88. The van der Waals surface area contributed by atoms with E-state index in [-0.39, 0.29) is 16.7 Å². The van der Waals surface area contributed by atoms with Crippen molar-refractivity contribution in [2.75, 3.05) is 10.6 Å². The van der Waals surface area contributed by atoms with Crippen molar-refractivity contribution in [3.8, 4) is 5.75 Å². The Labute approximate surface area is 237 Å². The SMILES string of the molecule is O=C(Nc1cccc(C(=O)Nc2c(Cl)cc(C(F)(C(F)(F)F)C(F)(F)F)cc2OC(F)F)c1F)c1ccc(F)cc1Cl. The maximum Gasteiger partial charge on any atom is 0.435 e. The number of nitrogens with one attached hydrogen (secondary N) is 2. The van der Waals surface area contributed by atoms with Gasteiger partial charge in [0.1, 0.15) is 11.5 Å². The summed E-state index contributed by atoms with van der Waals surface area (Å²) in [6.07, 6.45) is -13.3. The fraction of sp³-hybridized carbons (Fsp3) is 0.167. The molecule has 0 heterocycles. The van der Waals surface area contributed by atoms with Gasteiger partial charge in [0.25, 0.3) is 11.8 Å². The Morgan fingerprint density at radius 2 is 1.36 bits per heavy atom.